The number of ether oxygens (including phenoxy) is 2. The Bertz CT molecular complexity index is 934. The largest absolute Gasteiger partial charge is 0.490 e. The molecule has 2 aromatic rings. The lowest BCUT2D eigenvalue weighted by Gasteiger charge is -2.33. The molecule has 0 unspecified atom stereocenters. The number of halogens is 2. The summed E-state index contributed by atoms with van der Waals surface area (Å²) in [7, 11) is 0. The van der Waals surface area contributed by atoms with Gasteiger partial charge in [-0.25, -0.2) is 8.78 Å². The quantitative estimate of drug-likeness (QED) is 0.563. The van der Waals surface area contributed by atoms with Crippen LogP contribution in [0.25, 0.3) is 0 Å². The van der Waals surface area contributed by atoms with Gasteiger partial charge in [-0.1, -0.05) is 6.07 Å². The monoisotopic (exact) mass is 433 g/mol. The highest BCUT2D eigenvalue weighted by molar-refractivity contribution is 5.77. The maximum absolute atomic E-state index is 13.7. The number of carbonyl (C=O) groups is 2. The number of rotatable bonds is 9. The van der Waals surface area contributed by atoms with Gasteiger partial charge in [0.25, 0.3) is 5.91 Å². The van der Waals surface area contributed by atoms with Crippen LogP contribution in [-0.2, 0) is 16.1 Å². The van der Waals surface area contributed by atoms with Crippen LogP contribution in [0.2, 0.25) is 0 Å². The van der Waals surface area contributed by atoms with E-state index in [4.69, 9.17) is 15.2 Å². The summed E-state index contributed by atoms with van der Waals surface area (Å²) in [6.07, 6.45) is 0.836. The number of benzene rings is 2. The van der Waals surface area contributed by atoms with Crippen molar-refractivity contribution < 1.29 is 27.8 Å². The molecule has 4 N–H and O–H groups in total. The van der Waals surface area contributed by atoms with Crippen molar-refractivity contribution in [2.24, 2.45) is 5.73 Å². The molecule has 1 aliphatic heterocycles. The summed E-state index contributed by atoms with van der Waals surface area (Å²) >= 11 is 0. The molecule has 1 aliphatic rings. The zero-order valence-corrected chi connectivity index (χ0v) is 17.1. The molecular weight excluding hydrogens is 408 g/mol. The zero-order chi connectivity index (χ0) is 22.4. The molecular formula is C22H25F2N3O4. The van der Waals surface area contributed by atoms with Crippen molar-refractivity contribution in [2.45, 2.75) is 38.4 Å². The first-order valence-electron chi connectivity index (χ1n) is 10.0. The normalized spacial score (nSPS) is 18.4. The second-order valence-electron chi connectivity index (χ2n) is 7.24. The van der Waals surface area contributed by atoms with Crippen molar-refractivity contribution >= 4 is 11.8 Å². The summed E-state index contributed by atoms with van der Waals surface area (Å²) in [6.45, 7) is 2.40. The molecule has 2 amide bonds. The van der Waals surface area contributed by atoms with Crippen LogP contribution in [0.15, 0.2) is 36.4 Å². The Balaban J connectivity index is 1.74. The van der Waals surface area contributed by atoms with Crippen LogP contribution in [0.3, 0.4) is 0 Å². The number of carbonyl (C=O) groups excluding carboxylic acids is 2. The first kappa shape index (κ1) is 22.5. The van der Waals surface area contributed by atoms with E-state index in [2.05, 4.69) is 10.6 Å². The lowest BCUT2D eigenvalue weighted by atomic mass is 9.91. The molecule has 0 aromatic heterocycles. The topological polar surface area (TPSA) is 103 Å². The highest BCUT2D eigenvalue weighted by Gasteiger charge is 2.30. The minimum absolute atomic E-state index is 0.165. The molecule has 0 aliphatic carbocycles. The van der Waals surface area contributed by atoms with Crippen molar-refractivity contribution in [1.29, 1.82) is 0 Å². The van der Waals surface area contributed by atoms with Gasteiger partial charge in [0.05, 0.1) is 12.6 Å². The summed E-state index contributed by atoms with van der Waals surface area (Å²) < 4.78 is 38.4. The lowest BCUT2D eigenvalue weighted by Crippen LogP contribution is -2.48. The molecule has 0 spiro atoms. The predicted molar refractivity (Wildman–Crippen MR) is 109 cm³/mol. The van der Waals surface area contributed by atoms with Crippen LogP contribution in [-0.4, -0.2) is 31.1 Å². The van der Waals surface area contributed by atoms with Gasteiger partial charge in [0, 0.05) is 25.1 Å². The van der Waals surface area contributed by atoms with E-state index in [1.54, 1.807) is 12.1 Å². The molecule has 1 heterocycles. The van der Waals surface area contributed by atoms with Gasteiger partial charge in [-0.2, -0.15) is 0 Å². The molecule has 0 radical (unpaired) electrons. The van der Waals surface area contributed by atoms with Gasteiger partial charge in [-0.15, -0.1) is 0 Å². The van der Waals surface area contributed by atoms with Gasteiger partial charge in [0.1, 0.15) is 11.6 Å². The third-order valence-corrected chi connectivity index (χ3v) is 4.89. The Hall–Kier alpha value is -3.20. The molecule has 31 heavy (non-hydrogen) atoms. The Morgan fingerprint density at radius 2 is 1.90 bits per heavy atom. The predicted octanol–water partition coefficient (Wildman–Crippen LogP) is 2.34. The second-order valence-corrected chi connectivity index (χ2v) is 7.24. The van der Waals surface area contributed by atoms with Crippen LogP contribution in [0.4, 0.5) is 8.78 Å². The number of hydrogen-bond donors (Lipinski definition) is 3. The summed E-state index contributed by atoms with van der Waals surface area (Å²) in [5.74, 6) is -1.26. The first-order chi connectivity index (χ1) is 14.9. The standard InChI is InChI=1S/C22H25F2N3O4/c1-2-30-19-7-13(3-5-18(19)31-12-20(25)28)11-26-17-4-6-21(29)27-22(17)14-8-15(23)10-16(24)9-14/h3,5,7-10,17,22,26H,2,4,6,11-12H2,1H3,(H2,25,28)(H,27,29)/t17-,22+/m1/s1. The van der Waals surface area contributed by atoms with E-state index in [9.17, 15) is 18.4 Å². The number of piperidine rings is 1. The number of primary amides is 1. The Kier molecular flexibility index (Phi) is 7.41. The van der Waals surface area contributed by atoms with Crippen molar-refractivity contribution in [2.75, 3.05) is 13.2 Å². The average molecular weight is 433 g/mol. The van der Waals surface area contributed by atoms with E-state index in [0.29, 0.717) is 43.1 Å². The Morgan fingerprint density at radius 3 is 2.58 bits per heavy atom. The number of nitrogens with one attached hydrogen (secondary N) is 2. The van der Waals surface area contributed by atoms with Gasteiger partial charge >= 0.3 is 0 Å². The molecule has 3 rings (SSSR count). The van der Waals surface area contributed by atoms with Crippen LogP contribution < -0.4 is 25.8 Å². The van der Waals surface area contributed by atoms with Gasteiger partial charge in [0.15, 0.2) is 18.1 Å². The Labute approximate surface area is 178 Å². The van der Waals surface area contributed by atoms with E-state index in [1.165, 1.54) is 12.1 Å². The van der Waals surface area contributed by atoms with Gasteiger partial charge < -0.3 is 25.8 Å². The summed E-state index contributed by atoms with van der Waals surface area (Å²) in [5.41, 5.74) is 6.36. The molecule has 7 nitrogen and oxygen atoms in total. The van der Waals surface area contributed by atoms with E-state index >= 15 is 0 Å². The highest BCUT2D eigenvalue weighted by atomic mass is 19.1. The molecule has 2 atom stereocenters. The fraction of sp³-hybridized carbons (Fsp3) is 0.364. The summed E-state index contributed by atoms with van der Waals surface area (Å²) in [6, 6.07) is 7.75. The van der Waals surface area contributed by atoms with E-state index in [1.807, 2.05) is 13.0 Å². The first-order valence-corrected chi connectivity index (χ1v) is 10.0. The fourth-order valence-electron chi connectivity index (χ4n) is 3.54. The van der Waals surface area contributed by atoms with Crippen LogP contribution in [0.5, 0.6) is 11.5 Å². The smallest absolute Gasteiger partial charge is 0.255 e. The van der Waals surface area contributed by atoms with Crippen molar-refractivity contribution in [1.82, 2.24) is 10.6 Å². The molecule has 166 valence electrons. The lowest BCUT2D eigenvalue weighted by molar-refractivity contribution is -0.124. The second kappa shape index (κ2) is 10.2. The van der Waals surface area contributed by atoms with E-state index in [-0.39, 0.29) is 18.6 Å². The van der Waals surface area contributed by atoms with E-state index in [0.717, 1.165) is 11.6 Å². The van der Waals surface area contributed by atoms with E-state index < -0.39 is 23.6 Å². The average Bonchev–Trinajstić information content (AvgIpc) is 2.71. The number of hydrogen-bond acceptors (Lipinski definition) is 5. The minimum Gasteiger partial charge on any atom is -0.490 e. The molecule has 0 bridgehead atoms. The molecule has 2 aromatic carbocycles. The fourth-order valence-corrected chi connectivity index (χ4v) is 3.54. The molecule has 9 heteroatoms. The van der Waals surface area contributed by atoms with Gasteiger partial charge in [-0.3, -0.25) is 9.59 Å². The van der Waals surface area contributed by atoms with Gasteiger partial charge in [0.2, 0.25) is 5.91 Å². The van der Waals surface area contributed by atoms with Crippen molar-refractivity contribution in [3.05, 3.63) is 59.2 Å². The van der Waals surface area contributed by atoms with Gasteiger partial charge in [-0.05, 0) is 48.7 Å². The van der Waals surface area contributed by atoms with Crippen LogP contribution in [0.1, 0.15) is 36.9 Å². The SMILES string of the molecule is CCOc1cc(CN[C@@H]2CCC(=O)N[C@H]2c2cc(F)cc(F)c2)ccc1OCC(N)=O. The Morgan fingerprint density at radius 1 is 1.16 bits per heavy atom. The maximum atomic E-state index is 13.7. The summed E-state index contributed by atoms with van der Waals surface area (Å²) in [5, 5.41) is 6.17. The van der Waals surface area contributed by atoms with Crippen LogP contribution in [0, 0.1) is 11.6 Å². The number of nitrogens with two attached hydrogens (primary N) is 1. The number of amides is 2. The maximum Gasteiger partial charge on any atom is 0.255 e. The highest BCUT2D eigenvalue weighted by Crippen LogP contribution is 2.30. The van der Waals surface area contributed by atoms with Crippen molar-refractivity contribution in [3.63, 3.8) is 0 Å². The summed E-state index contributed by atoms with van der Waals surface area (Å²) in [4.78, 5) is 22.9. The minimum atomic E-state index is -0.693. The molecule has 1 fully saturated rings. The van der Waals surface area contributed by atoms with Crippen molar-refractivity contribution in [3.8, 4) is 11.5 Å². The third kappa shape index (κ3) is 6.14. The van der Waals surface area contributed by atoms with Crippen LogP contribution >= 0.6 is 0 Å². The molecule has 1 saturated heterocycles. The molecule has 0 saturated carbocycles. The zero-order valence-electron chi connectivity index (χ0n) is 17.1. The third-order valence-electron chi connectivity index (χ3n) is 4.89.